The molecule has 1 aromatic heterocycles. The van der Waals surface area contributed by atoms with Crippen LogP contribution in [0.2, 0.25) is 0 Å². The quantitative estimate of drug-likeness (QED) is 0.699. The Morgan fingerprint density at radius 3 is 2.72 bits per heavy atom. The van der Waals surface area contributed by atoms with Gasteiger partial charge in [0.05, 0.1) is 29.9 Å². The number of rotatable bonds is 4. The molecule has 3 aliphatic rings. The minimum Gasteiger partial charge on any atom is -0.465 e. The largest absolute Gasteiger partial charge is 0.465 e. The number of aryl methyl sites for hydroxylation is 1. The van der Waals surface area contributed by atoms with Gasteiger partial charge in [-0.15, -0.1) is 6.42 Å². The summed E-state index contributed by atoms with van der Waals surface area (Å²) in [4.78, 5) is 35.0. The van der Waals surface area contributed by atoms with Crippen molar-refractivity contribution in [3.63, 3.8) is 0 Å². The second kappa shape index (κ2) is 8.99. The molecule has 3 heterocycles. The fourth-order valence-electron chi connectivity index (χ4n) is 5.61. The zero-order valence-electron chi connectivity index (χ0n) is 18.7. The molecule has 32 heavy (non-hydrogen) atoms. The molecule has 8 nitrogen and oxygen atoms in total. The molecule has 1 aliphatic carbocycles. The van der Waals surface area contributed by atoms with Gasteiger partial charge in [0.15, 0.2) is 0 Å². The van der Waals surface area contributed by atoms with E-state index < -0.39 is 6.09 Å². The van der Waals surface area contributed by atoms with Crippen molar-refractivity contribution in [3.05, 3.63) is 17.8 Å². The number of carbonyl (C=O) groups is 2. The fraction of sp³-hybridized carbons (Fsp3) is 0.625. The molecule has 2 aliphatic heterocycles. The molecule has 1 atom stereocenters. The van der Waals surface area contributed by atoms with Crippen LogP contribution in [-0.2, 0) is 4.79 Å². The van der Waals surface area contributed by atoms with Gasteiger partial charge >= 0.3 is 6.09 Å². The van der Waals surface area contributed by atoms with Gasteiger partial charge in [-0.05, 0) is 63.5 Å². The van der Waals surface area contributed by atoms with E-state index >= 15 is 0 Å². The first kappa shape index (κ1) is 22.4. The van der Waals surface area contributed by atoms with E-state index in [-0.39, 0.29) is 30.0 Å². The topological polar surface area (TPSA) is 97.2 Å². The van der Waals surface area contributed by atoms with Gasteiger partial charge in [0.25, 0.3) is 0 Å². The van der Waals surface area contributed by atoms with E-state index in [4.69, 9.17) is 6.42 Å². The maximum absolute atomic E-state index is 13.5. The molecular weight excluding hydrogens is 408 g/mol. The standard InChI is InChI=1S/C24H32N4O4/c1-3-11-28(23(31)32)20-15-25-21(14-17(20)2)26-12-4-9-24(16-26)10-13-27(22(24)30)18-5-7-19(29)8-6-18/h1,14-15,18-19,29H,4-13,16H2,2H3,(H,31,32)/t18?,19?,24-/m0/s1. The molecule has 1 spiro atoms. The van der Waals surface area contributed by atoms with Gasteiger partial charge in [-0.2, -0.15) is 0 Å². The third-order valence-corrected chi connectivity index (χ3v) is 7.39. The van der Waals surface area contributed by atoms with E-state index in [1.54, 1.807) is 6.20 Å². The minimum absolute atomic E-state index is 0.0352. The van der Waals surface area contributed by atoms with Crippen molar-refractivity contribution in [1.82, 2.24) is 9.88 Å². The van der Waals surface area contributed by atoms with Crippen LogP contribution in [0.1, 0.15) is 50.5 Å². The monoisotopic (exact) mass is 440 g/mol. The first-order valence-electron chi connectivity index (χ1n) is 11.5. The van der Waals surface area contributed by atoms with Crippen molar-refractivity contribution in [2.75, 3.05) is 36.0 Å². The number of aromatic nitrogens is 1. The van der Waals surface area contributed by atoms with Crippen molar-refractivity contribution < 1.29 is 19.8 Å². The highest BCUT2D eigenvalue weighted by atomic mass is 16.4. The first-order valence-corrected chi connectivity index (χ1v) is 11.5. The summed E-state index contributed by atoms with van der Waals surface area (Å²) in [5, 5.41) is 19.3. The summed E-state index contributed by atoms with van der Waals surface area (Å²) in [6.07, 6.45) is 11.5. The number of aliphatic hydroxyl groups is 1. The molecule has 0 unspecified atom stereocenters. The van der Waals surface area contributed by atoms with Gasteiger partial charge < -0.3 is 20.0 Å². The molecule has 0 radical (unpaired) electrons. The number of hydrogen-bond acceptors (Lipinski definition) is 5. The Bertz CT molecular complexity index is 921. The van der Waals surface area contributed by atoms with Gasteiger partial charge in [0.1, 0.15) is 5.82 Å². The minimum atomic E-state index is -1.11. The fourth-order valence-corrected chi connectivity index (χ4v) is 5.61. The Balaban J connectivity index is 1.50. The number of amides is 2. The molecule has 1 saturated carbocycles. The number of carbonyl (C=O) groups excluding carboxylic acids is 1. The Morgan fingerprint density at radius 1 is 1.31 bits per heavy atom. The van der Waals surface area contributed by atoms with Crippen LogP contribution in [0.25, 0.3) is 0 Å². The summed E-state index contributed by atoms with van der Waals surface area (Å²) in [7, 11) is 0. The highest BCUT2D eigenvalue weighted by molar-refractivity contribution is 5.88. The Hall–Kier alpha value is -2.79. The summed E-state index contributed by atoms with van der Waals surface area (Å²) in [6, 6.07) is 2.14. The Labute approximate surface area is 189 Å². The van der Waals surface area contributed by atoms with Crippen molar-refractivity contribution in [1.29, 1.82) is 0 Å². The first-order chi connectivity index (χ1) is 15.3. The van der Waals surface area contributed by atoms with E-state index in [0.717, 1.165) is 74.3 Å². The number of aliphatic hydroxyl groups excluding tert-OH is 1. The Morgan fingerprint density at radius 2 is 2.06 bits per heavy atom. The highest BCUT2D eigenvalue weighted by Gasteiger charge is 2.50. The van der Waals surface area contributed by atoms with Crippen LogP contribution >= 0.6 is 0 Å². The smallest absolute Gasteiger partial charge is 0.412 e. The van der Waals surface area contributed by atoms with Gasteiger partial charge in [-0.3, -0.25) is 9.69 Å². The lowest BCUT2D eigenvalue weighted by Crippen LogP contribution is -2.50. The predicted octanol–water partition coefficient (Wildman–Crippen LogP) is 2.63. The number of piperidine rings is 1. The van der Waals surface area contributed by atoms with Crippen molar-refractivity contribution in [3.8, 4) is 12.3 Å². The summed E-state index contributed by atoms with van der Waals surface area (Å²) in [6.45, 7) is 4.07. The highest BCUT2D eigenvalue weighted by Crippen LogP contribution is 2.43. The third kappa shape index (κ3) is 4.14. The van der Waals surface area contributed by atoms with Crippen molar-refractivity contribution >= 4 is 23.5 Å². The SMILES string of the molecule is C#CCN(C(=O)O)c1cnc(N2CCC[C@]3(CCN(C4CCC(O)CC4)C3=O)C2)cc1C. The number of carboxylic acid groups (broad SMARTS) is 1. The lowest BCUT2D eigenvalue weighted by molar-refractivity contribution is -0.139. The summed E-state index contributed by atoms with van der Waals surface area (Å²) in [5.41, 5.74) is 0.889. The van der Waals surface area contributed by atoms with Crippen LogP contribution in [0.15, 0.2) is 12.3 Å². The molecule has 3 fully saturated rings. The molecule has 0 bridgehead atoms. The van der Waals surface area contributed by atoms with Crippen LogP contribution < -0.4 is 9.80 Å². The van der Waals surface area contributed by atoms with E-state index in [2.05, 4.69) is 20.7 Å². The van der Waals surface area contributed by atoms with E-state index in [0.29, 0.717) is 12.2 Å². The summed E-state index contributed by atoms with van der Waals surface area (Å²) in [5.74, 6) is 3.39. The average molecular weight is 441 g/mol. The number of hydrogen-bond donors (Lipinski definition) is 2. The van der Waals surface area contributed by atoms with E-state index in [1.807, 2.05) is 13.0 Å². The van der Waals surface area contributed by atoms with Crippen LogP contribution in [0.5, 0.6) is 0 Å². The lowest BCUT2D eigenvalue weighted by Gasteiger charge is -2.41. The molecule has 0 aromatic carbocycles. The van der Waals surface area contributed by atoms with Crippen LogP contribution in [0.3, 0.4) is 0 Å². The molecule has 8 heteroatoms. The van der Waals surface area contributed by atoms with Crippen LogP contribution in [-0.4, -0.2) is 70.4 Å². The summed E-state index contributed by atoms with van der Waals surface area (Å²) < 4.78 is 0. The van der Waals surface area contributed by atoms with Gasteiger partial charge in [0, 0.05) is 25.7 Å². The van der Waals surface area contributed by atoms with E-state index in [9.17, 15) is 19.8 Å². The Kier molecular flexibility index (Phi) is 6.29. The molecule has 172 valence electrons. The molecule has 2 saturated heterocycles. The molecule has 1 aromatic rings. The average Bonchev–Trinajstić information content (AvgIpc) is 3.08. The summed E-state index contributed by atoms with van der Waals surface area (Å²) >= 11 is 0. The zero-order valence-corrected chi connectivity index (χ0v) is 18.7. The maximum atomic E-state index is 13.5. The van der Waals surface area contributed by atoms with Crippen molar-refractivity contribution in [2.45, 2.75) is 64.0 Å². The second-order valence-corrected chi connectivity index (χ2v) is 9.42. The van der Waals surface area contributed by atoms with E-state index in [1.165, 1.54) is 0 Å². The van der Waals surface area contributed by atoms with Gasteiger partial charge in [0.2, 0.25) is 5.91 Å². The zero-order chi connectivity index (χ0) is 22.9. The van der Waals surface area contributed by atoms with Crippen LogP contribution in [0.4, 0.5) is 16.3 Å². The third-order valence-electron chi connectivity index (χ3n) is 7.39. The molecule has 2 N–H and O–H groups in total. The normalized spacial score (nSPS) is 28.1. The number of pyridine rings is 1. The maximum Gasteiger partial charge on any atom is 0.412 e. The predicted molar refractivity (Wildman–Crippen MR) is 122 cm³/mol. The van der Waals surface area contributed by atoms with Crippen molar-refractivity contribution in [2.24, 2.45) is 5.41 Å². The molecule has 4 rings (SSSR count). The van der Waals surface area contributed by atoms with Gasteiger partial charge in [-0.1, -0.05) is 5.92 Å². The number of terminal acetylenes is 1. The lowest BCUT2D eigenvalue weighted by atomic mass is 9.78. The number of anilines is 2. The number of nitrogens with zero attached hydrogens (tertiary/aromatic N) is 4. The molecular formula is C24H32N4O4. The van der Waals surface area contributed by atoms with Crippen LogP contribution in [0, 0.1) is 24.7 Å². The number of likely N-dealkylation sites (tertiary alicyclic amines) is 1. The second-order valence-electron chi connectivity index (χ2n) is 9.42. The molecule has 2 amide bonds. The van der Waals surface area contributed by atoms with Gasteiger partial charge in [-0.25, -0.2) is 9.78 Å².